The first kappa shape index (κ1) is 14.3. The molecule has 1 aromatic carbocycles. The Balaban J connectivity index is 1.97. The van der Waals surface area contributed by atoms with Crippen LogP contribution < -0.4 is 0 Å². The minimum absolute atomic E-state index is 0.0618. The molecule has 1 fully saturated rings. The van der Waals surface area contributed by atoms with Crippen LogP contribution in [0.1, 0.15) is 25.3 Å². The first-order valence-electron chi connectivity index (χ1n) is 6.38. The molecule has 1 aromatic rings. The second kappa shape index (κ2) is 5.47. The monoisotopic (exact) mass is 285 g/mol. The van der Waals surface area contributed by atoms with Crippen LogP contribution in [0.25, 0.3) is 0 Å². The van der Waals surface area contributed by atoms with Gasteiger partial charge in [0.25, 0.3) is 0 Å². The highest BCUT2D eigenvalue weighted by Crippen LogP contribution is 2.27. The minimum Gasteiger partial charge on any atom is -0.386 e. The molecule has 0 radical (unpaired) electrons. The van der Waals surface area contributed by atoms with E-state index in [1.54, 1.807) is 11.0 Å². The first-order chi connectivity index (χ1) is 8.95. The van der Waals surface area contributed by atoms with Crippen molar-refractivity contribution in [1.29, 1.82) is 0 Å². The van der Waals surface area contributed by atoms with Crippen LogP contribution in [0, 0.1) is 5.82 Å². The van der Waals surface area contributed by atoms with Gasteiger partial charge < -0.3 is 10.0 Å². The standard InChI is InChI=1S/C14H17ClFNO2/c1-2-6-14(19)8-17(9-14)13(18)7-10-11(15)4-3-5-12(10)16/h3-5,19H,2,6-9H2,1H3. The van der Waals surface area contributed by atoms with E-state index in [4.69, 9.17) is 11.6 Å². The van der Waals surface area contributed by atoms with Gasteiger partial charge in [-0.15, -0.1) is 0 Å². The summed E-state index contributed by atoms with van der Waals surface area (Å²) in [5.41, 5.74) is -0.538. The van der Waals surface area contributed by atoms with Crippen LogP contribution in [-0.2, 0) is 11.2 Å². The van der Waals surface area contributed by atoms with Crippen LogP contribution in [-0.4, -0.2) is 34.6 Å². The number of hydrogen-bond acceptors (Lipinski definition) is 2. The van der Waals surface area contributed by atoms with Crippen molar-refractivity contribution in [3.63, 3.8) is 0 Å². The molecular formula is C14H17ClFNO2. The lowest BCUT2D eigenvalue weighted by Gasteiger charge is -2.46. The van der Waals surface area contributed by atoms with Crippen LogP contribution in [0.2, 0.25) is 5.02 Å². The van der Waals surface area contributed by atoms with Gasteiger partial charge in [0.05, 0.1) is 25.1 Å². The van der Waals surface area contributed by atoms with Crippen molar-refractivity contribution in [2.75, 3.05) is 13.1 Å². The molecule has 1 aliphatic heterocycles. The zero-order valence-corrected chi connectivity index (χ0v) is 11.6. The summed E-state index contributed by atoms with van der Waals surface area (Å²) in [7, 11) is 0. The lowest BCUT2D eigenvalue weighted by atomic mass is 9.89. The molecule has 1 amide bonds. The molecule has 2 rings (SSSR count). The molecule has 0 saturated carbocycles. The fourth-order valence-corrected chi connectivity index (χ4v) is 2.66. The molecule has 0 aliphatic carbocycles. The Bertz CT molecular complexity index is 466. The highest BCUT2D eigenvalue weighted by molar-refractivity contribution is 6.31. The van der Waals surface area contributed by atoms with Gasteiger partial charge in [-0.25, -0.2) is 4.39 Å². The largest absolute Gasteiger partial charge is 0.386 e. The van der Waals surface area contributed by atoms with E-state index < -0.39 is 11.4 Å². The van der Waals surface area contributed by atoms with E-state index in [1.807, 2.05) is 6.92 Å². The van der Waals surface area contributed by atoms with Gasteiger partial charge in [-0.2, -0.15) is 0 Å². The van der Waals surface area contributed by atoms with Crippen molar-refractivity contribution in [2.24, 2.45) is 0 Å². The third kappa shape index (κ3) is 3.07. The topological polar surface area (TPSA) is 40.5 Å². The van der Waals surface area contributed by atoms with Crippen molar-refractivity contribution in [2.45, 2.75) is 31.8 Å². The summed E-state index contributed by atoms with van der Waals surface area (Å²) in [5, 5.41) is 10.3. The van der Waals surface area contributed by atoms with Crippen LogP contribution in [0.4, 0.5) is 4.39 Å². The fraction of sp³-hybridized carbons (Fsp3) is 0.500. The third-order valence-corrected chi connectivity index (χ3v) is 3.78. The van der Waals surface area contributed by atoms with Gasteiger partial charge in [0.2, 0.25) is 5.91 Å². The molecule has 0 spiro atoms. The van der Waals surface area contributed by atoms with Crippen LogP contribution in [0.3, 0.4) is 0 Å². The van der Waals surface area contributed by atoms with E-state index in [-0.39, 0.29) is 22.9 Å². The van der Waals surface area contributed by atoms with Crippen molar-refractivity contribution in [3.8, 4) is 0 Å². The molecule has 104 valence electrons. The van der Waals surface area contributed by atoms with Crippen LogP contribution in [0.15, 0.2) is 18.2 Å². The summed E-state index contributed by atoms with van der Waals surface area (Å²) < 4.78 is 13.6. The maximum absolute atomic E-state index is 13.6. The molecule has 19 heavy (non-hydrogen) atoms. The average molecular weight is 286 g/mol. The summed E-state index contributed by atoms with van der Waals surface area (Å²) in [5.74, 6) is -0.669. The molecule has 0 atom stereocenters. The molecule has 1 heterocycles. The van der Waals surface area contributed by atoms with E-state index in [9.17, 15) is 14.3 Å². The van der Waals surface area contributed by atoms with E-state index in [2.05, 4.69) is 0 Å². The van der Waals surface area contributed by atoms with Crippen LogP contribution >= 0.6 is 11.6 Å². The Kier molecular flexibility index (Phi) is 4.11. The quantitative estimate of drug-likeness (QED) is 0.923. The molecular weight excluding hydrogens is 269 g/mol. The molecule has 0 aromatic heterocycles. The summed E-state index contributed by atoms with van der Waals surface area (Å²) in [6.07, 6.45) is 1.49. The SMILES string of the molecule is CCCC1(O)CN(C(=O)Cc2c(F)cccc2Cl)C1. The number of benzene rings is 1. The van der Waals surface area contributed by atoms with Gasteiger partial charge in [-0.05, 0) is 18.6 Å². The normalized spacial score (nSPS) is 17.2. The number of halogens is 2. The number of β-amino-alcohol motifs (C(OH)–C–C–N with tert-alkyl or cyclic N) is 1. The van der Waals surface area contributed by atoms with E-state index in [0.717, 1.165) is 6.42 Å². The number of carbonyl (C=O) groups excluding carboxylic acids is 1. The number of amides is 1. The van der Waals surface area contributed by atoms with Gasteiger partial charge in [-0.1, -0.05) is 31.0 Å². The van der Waals surface area contributed by atoms with Gasteiger partial charge in [0.15, 0.2) is 0 Å². The zero-order chi connectivity index (χ0) is 14.0. The zero-order valence-electron chi connectivity index (χ0n) is 10.8. The minimum atomic E-state index is -0.760. The molecule has 0 bridgehead atoms. The summed E-state index contributed by atoms with van der Waals surface area (Å²) in [4.78, 5) is 13.5. The molecule has 1 saturated heterocycles. The number of aliphatic hydroxyl groups is 1. The predicted octanol–water partition coefficient (Wildman–Crippen LogP) is 2.40. The second-order valence-corrected chi connectivity index (χ2v) is 5.51. The van der Waals surface area contributed by atoms with Crippen molar-refractivity contribution >= 4 is 17.5 Å². The Morgan fingerprint density at radius 2 is 2.21 bits per heavy atom. The lowest BCUT2D eigenvalue weighted by Crippen LogP contribution is -2.63. The Morgan fingerprint density at radius 3 is 2.79 bits per heavy atom. The summed E-state index contributed by atoms with van der Waals surface area (Å²) in [6, 6.07) is 4.37. The number of nitrogens with zero attached hydrogens (tertiary/aromatic N) is 1. The Hall–Kier alpha value is -1.13. The van der Waals surface area contributed by atoms with E-state index in [1.165, 1.54) is 12.1 Å². The molecule has 1 N–H and O–H groups in total. The van der Waals surface area contributed by atoms with Gasteiger partial charge in [0, 0.05) is 10.6 Å². The first-order valence-corrected chi connectivity index (χ1v) is 6.76. The Morgan fingerprint density at radius 1 is 1.53 bits per heavy atom. The van der Waals surface area contributed by atoms with Crippen LogP contribution in [0.5, 0.6) is 0 Å². The molecule has 5 heteroatoms. The number of rotatable bonds is 4. The van der Waals surface area contributed by atoms with Gasteiger partial charge in [0.1, 0.15) is 5.82 Å². The predicted molar refractivity (Wildman–Crippen MR) is 71.6 cm³/mol. The fourth-order valence-electron chi connectivity index (χ4n) is 2.43. The highest BCUT2D eigenvalue weighted by atomic mass is 35.5. The third-order valence-electron chi connectivity index (χ3n) is 3.43. The lowest BCUT2D eigenvalue weighted by molar-refractivity contribution is -0.155. The number of hydrogen-bond donors (Lipinski definition) is 1. The second-order valence-electron chi connectivity index (χ2n) is 5.10. The van der Waals surface area contributed by atoms with Crippen molar-refractivity contribution < 1.29 is 14.3 Å². The van der Waals surface area contributed by atoms with Crippen molar-refractivity contribution in [1.82, 2.24) is 4.90 Å². The van der Waals surface area contributed by atoms with E-state index >= 15 is 0 Å². The van der Waals surface area contributed by atoms with Crippen molar-refractivity contribution in [3.05, 3.63) is 34.6 Å². The average Bonchev–Trinajstić information content (AvgIpc) is 2.31. The number of likely N-dealkylation sites (tertiary alicyclic amines) is 1. The Labute approximate surface area is 117 Å². The highest BCUT2D eigenvalue weighted by Gasteiger charge is 2.42. The molecule has 0 unspecified atom stereocenters. The maximum atomic E-state index is 13.6. The van der Waals surface area contributed by atoms with E-state index in [0.29, 0.717) is 19.5 Å². The summed E-state index contributed by atoms with van der Waals surface area (Å²) >= 11 is 5.89. The smallest absolute Gasteiger partial charge is 0.227 e. The molecule has 1 aliphatic rings. The molecule has 3 nitrogen and oxygen atoms in total. The summed E-state index contributed by atoms with van der Waals surface area (Å²) in [6.45, 7) is 2.64. The number of carbonyl (C=O) groups is 1. The van der Waals surface area contributed by atoms with Gasteiger partial charge in [-0.3, -0.25) is 4.79 Å². The van der Waals surface area contributed by atoms with Gasteiger partial charge >= 0.3 is 0 Å². The maximum Gasteiger partial charge on any atom is 0.227 e.